The summed E-state index contributed by atoms with van der Waals surface area (Å²) in [4.78, 5) is 8.32. The van der Waals surface area contributed by atoms with Crippen LogP contribution in [0, 0.1) is 6.92 Å². The molecule has 0 aliphatic heterocycles. The predicted octanol–water partition coefficient (Wildman–Crippen LogP) is 4.40. The molecular formula is C15H17ClN2. The van der Waals surface area contributed by atoms with Gasteiger partial charge < -0.3 is 0 Å². The Kier molecular flexibility index (Phi) is 3.40. The first-order valence-corrected chi connectivity index (χ1v) is 6.36. The van der Waals surface area contributed by atoms with E-state index in [9.17, 15) is 0 Å². The van der Waals surface area contributed by atoms with Crippen LogP contribution in [0.1, 0.15) is 32.0 Å². The van der Waals surface area contributed by atoms with Crippen LogP contribution in [0.3, 0.4) is 0 Å². The summed E-state index contributed by atoms with van der Waals surface area (Å²) in [5.74, 6) is 0. The molecule has 3 heteroatoms. The molecule has 2 nitrogen and oxygen atoms in total. The van der Waals surface area contributed by atoms with Crippen molar-refractivity contribution in [2.75, 3.05) is 0 Å². The van der Waals surface area contributed by atoms with Crippen LogP contribution >= 0.6 is 11.6 Å². The Morgan fingerprint density at radius 1 is 1.00 bits per heavy atom. The van der Waals surface area contributed by atoms with Gasteiger partial charge in [0.2, 0.25) is 5.28 Å². The van der Waals surface area contributed by atoms with Crippen LogP contribution in [0.5, 0.6) is 0 Å². The number of halogens is 1. The van der Waals surface area contributed by atoms with E-state index >= 15 is 0 Å². The monoisotopic (exact) mass is 260 g/mol. The van der Waals surface area contributed by atoms with Gasteiger partial charge in [0.25, 0.3) is 0 Å². The highest BCUT2D eigenvalue weighted by atomic mass is 35.5. The first-order valence-electron chi connectivity index (χ1n) is 5.98. The van der Waals surface area contributed by atoms with Crippen molar-refractivity contribution < 1.29 is 0 Å². The standard InChI is InChI=1S/C15H17ClN2/c1-10-9-13(18-14(16)17-10)11-5-7-12(8-6-11)15(2,3)4/h5-9H,1-4H3. The molecule has 2 aromatic rings. The molecular weight excluding hydrogens is 244 g/mol. The fourth-order valence-electron chi connectivity index (χ4n) is 1.82. The molecule has 0 saturated carbocycles. The van der Waals surface area contributed by atoms with Gasteiger partial charge in [-0.3, -0.25) is 0 Å². The molecule has 1 aromatic carbocycles. The molecule has 1 aromatic heterocycles. The zero-order chi connectivity index (χ0) is 13.3. The average Bonchev–Trinajstić information content (AvgIpc) is 2.27. The Bertz CT molecular complexity index is 533. The summed E-state index contributed by atoms with van der Waals surface area (Å²) in [6, 6.07) is 10.4. The first kappa shape index (κ1) is 13.0. The Morgan fingerprint density at radius 3 is 2.11 bits per heavy atom. The van der Waals surface area contributed by atoms with Gasteiger partial charge in [-0.05, 0) is 35.6 Å². The van der Waals surface area contributed by atoms with Gasteiger partial charge in [-0.2, -0.15) is 0 Å². The lowest BCUT2D eigenvalue weighted by Gasteiger charge is -2.19. The van der Waals surface area contributed by atoms with Gasteiger partial charge in [-0.15, -0.1) is 0 Å². The molecule has 1 heterocycles. The molecule has 0 spiro atoms. The van der Waals surface area contributed by atoms with Crippen LogP contribution in [0.2, 0.25) is 5.28 Å². The van der Waals surface area contributed by atoms with E-state index in [1.165, 1.54) is 5.56 Å². The number of rotatable bonds is 1. The summed E-state index contributed by atoms with van der Waals surface area (Å²) < 4.78 is 0. The van der Waals surface area contributed by atoms with Crippen LogP contribution in [-0.4, -0.2) is 9.97 Å². The highest BCUT2D eigenvalue weighted by Crippen LogP contribution is 2.25. The van der Waals surface area contributed by atoms with Gasteiger partial charge in [0.15, 0.2) is 0 Å². The lowest BCUT2D eigenvalue weighted by atomic mass is 9.86. The van der Waals surface area contributed by atoms with E-state index in [4.69, 9.17) is 11.6 Å². The van der Waals surface area contributed by atoms with Crippen molar-refractivity contribution in [2.24, 2.45) is 0 Å². The van der Waals surface area contributed by atoms with Crippen LogP contribution in [0.4, 0.5) is 0 Å². The predicted molar refractivity (Wildman–Crippen MR) is 75.9 cm³/mol. The lowest BCUT2D eigenvalue weighted by molar-refractivity contribution is 0.590. The quantitative estimate of drug-likeness (QED) is 0.710. The summed E-state index contributed by atoms with van der Waals surface area (Å²) in [5.41, 5.74) is 4.29. The summed E-state index contributed by atoms with van der Waals surface area (Å²) in [6.07, 6.45) is 0. The van der Waals surface area contributed by atoms with Gasteiger partial charge in [0.05, 0.1) is 5.69 Å². The molecule has 0 N–H and O–H groups in total. The number of hydrogen-bond acceptors (Lipinski definition) is 2. The number of benzene rings is 1. The summed E-state index contributed by atoms with van der Waals surface area (Å²) in [6.45, 7) is 8.52. The van der Waals surface area contributed by atoms with E-state index < -0.39 is 0 Å². The SMILES string of the molecule is Cc1cc(-c2ccc(C(C)(C)C)cc2)nc(Cl)n1. The van der Waals surface area contributed by atoms with Crippen molar-refractivity contribution in [1.29, 1.82) is 0 Å². The fraction of sp³-hybridized carbons (Fsp3) is 0.333. The van der Waals surface area contributed by atoms with E-state index in [1.54, 1.807) is 0 Å². The van der Waals surface area contributed by atoms with Gasteiger partial charge in [0, 0.05) is 11.3 Å². The summed E-state index contributed by atoms with van der Waals surface area (Å²) in [7, 11) is 0. The topological polar surface area (TPSA) is 25.8 Å². The Labute approximate surface area is 113 Å². The zero-order valence-corrected chi connectivity index (χ0v) is 11.9. The third-order valence-corrected chi connectivity index (χ3v) is 3.04. The third kappa shape index (κ3) is 2.88. The molecule has 2 rings (SSSR count). The summed E-state index contributed by atoms with van der Waals surface area (Å²) in [5, 5.41) is 0.296. The van der Waals surface area contributed by atoms with Crippen molar-refractivity contribution in [3.05, 3.63) is 46.9 Å². The molecule has 18 heavy (non-hydrogen) atoms. The maximum atomic E-state index is 5.88. The number of aryl methyl sites for hydroxylation is 1. The van der Waals surface area contributed by atoms with Crippen molar-refractivity contribution in [3.63, 3.8) is 0 Å². The molecule has 0 saturated heterocycles. The second-order valence-electron chi connectivity index (χ2n) is 5.49. The molecule has 0 atom stereocenters. The highest BCUT2D eigenvalue weighted by Gasteiger charge is 2.13. The second-order valence-corrected chi connectivity index (χ2v) is 5.83. The number of hydrogen-bond donors (Lipinski definition) is 0. The molecule has 0 amide bonds. The third-order valence-electron chi connectivity index (χ3n) is 2.87. The van der Waals surface area contributed by atoms with Gasteiger partial charge in [0.1, 0.15) is 0 Å². The minimum Gasteiger partial charge on any atom is -0.223 e. The molecule has 0 bridgehead atoms. The smallest absolute Gasteiger partial charge is 0.223 e. The summed E-state index contributed by atoms with van der Waals surface area (Å²) >= 11 is 5.88. The first-order chi connectivity index (χ1) is 8.36. The normalized spacial score (nSPS) is 11.6. The molecule has 0 fully saturated rings. The Morgan fingerprint density at radius 2 is 1.61 bits per heavy atom. The van der Waals surface area contributed by atoms with Crippen molar-refractivity contribution in [1.82, 2.24) is 9.97 Å². The maximum Gasteiger partial charge on any atom is 0.223 e. The van der Waals surface area contributed by atoms with E-state index in [2.05, 4.69) is 55.0 Å². The molecule has 0 unspecified atom stereocenters. The van der Waals surface area contributed by atoms with E-state index in [-0.39, 0.29) is 5.41 Å². The molecule has 0 radical (unpaired) electrons. The Hall–Kier alpha value is -1.41. The second kappa shape index (κ2) is 4.69. The highest BCUT2D eigenvalue weighted by molar-refractivity contribution is 6.28. The van der Waals surface area contributed by atoms with E-state index in [1.807, 2.05) is 13.0 Å². The van der Waals surface area contributed by atoms with Crippen molar-refractivity contribution in [3.8, 4) is 11.3 Å². The molecule has 0 aliphatic carbocycles. The zero-order valence-electron chi connectivity index (χ0n) is 11.2. The van der Waals surface area contributed by atoms with Gasteiger partial charge >= 0.3 is 0 Å². The van der Waals surface area contributed by atoms with Crippen LogP contribution in [0.25, 0.3) is 11.3 Å². The maximum absolute atomic E-state index is 5.88. The van der Waals surface area contributed by atoms with E-state index in [0.29, 0.717) is 5.28 Å². The molecule has 94 valence electrons. The lowest BCUT2D eigenvalue weighted by Crippen LogP contribution is -2.10. The van der Waals surface area contributed by atoms with Crippen molar-refractivity contribution >= 4 is 11.6 Å². The average molecular weight is 261 g/mol. The van der Waals surface area contributed by atoms with Gasteiger partial charge in [-0.1, -0.05) is 45.0 Å². The van der Waals surface area contributed by atoms with Crippen LogP contribution in [-0.2, 0) is 5.41 Å². The number of nitrogens with zero attached hydrogens (tertiary/aromatic N) is 2. The molecule has 0 aliphatic rings. The van der Waals surface area contributed by atoms with Crippen LogP contribution in [0.15, 0.2) is 30.3 Å². The van der Waals surface area contributed by atoms with E-state index in [0.717, 1.165) is 17.0 Å². The largest absolute Gasteiger partial charge is 0.223 e. The van der Waals surface area contributed by atoms with Crippen molar-refractivity contribution in [2.45, 2.75) is 33.1 Å². The minimum absolute atomic E-state index is 0.164. The Balaban J connectivity index is 2.40. The fourth-order valence-corrected chi connectivity index (χ4v) is 2.05. The minimum atomic E-state index is 0.164. The van der Waals surface area contributed by atoms with Gasteiger partial charge in [-0.25, -0.2) is 9.97 Å². The number of aromatic nitrogens is 2. The van der Waals surface area contributed by atoms with Crippen LogP contribution < -0.4 is 0 Å².